The number of fused-ring (bicyclic) bond motifs is 6. The van der Waals surface area contributed by atoms with E-state index in [1.807, 2.05) is 6.92 Å². The average Bonchev–Trinajstić information content (AvgIpc) is 3.35. The Morgan fingerprint density at radius 1 is 0.575 bits per heavy atom. The summed E-state index contributed by atoms with van der Waals surface area (Å²) < 4.78 is 192. The van der Waals surface area contributed by atoms with E-state index in [2.05, 4.69) is 0 Å². The molecule has 0 N–H and O–H groups in total. The molecular formula is C50H50Cl2F4O13S4. The van der Waals surface area contributed by atoms with Crippen molar-refractivity contribution in [2.24, 2.45) is 11.8 Å². The van der Waals surface area contributed by atoms with Crippen LogP contribution in [0.4, 0.5) is 17.6 Å². The van der Waals surface area contributed by atoms with Gasteiger partial charge in [-0.15, -0.1) is 0 Å². The molecule has 4 aliphatic rings. The lowest BCUT2D eigenvalue weighted by Gasteiger charge is -2.50. The Balaban J connectivity index is 0.000000197. The number of ether oxygens (including phenoxy) is 4. The molecule has 0 saturated carbocycles. The zero-order valence-electron chi connectivity index (χ0n) is 39.4. The molecule has 394 valence electrons. The van der Waals surface area contributed by atoms with Crippen molar-refractivity contribution in [1.29, 1.82) is 0 Å². The van der Waals surface area contributed by atoms with Gasteiger partial charge in [-0.05, 0) is 131 Å². The smallest absolute Gasteiger partial charge is 0.296 e. The van der Waals surface area contributed by atoms with Crippen LogP contribution in [-0.2, 0) is 62.8 Å². The highest BCUT2D eigenvalue weighted by Crippen LogP contribution is 2.58. The fourth-order valence-corrected chi connectivity index (χ4v) is 17.1. The van der Waals surface area contributed by atoms with Crippen molar-refractivity contribution in [3.8, 4) is 11.5 Å². The van der Waals surface area contributed by atoms with Gasteiger partial charge in [0.25, 0.3) is 10.1 Å². The maximum atomic E-state index is 15.5. The fraction of sp³-hybridized carbons (Fsp3) is 0.400. The highest BCUT2D eigenvalue weighted by Gasteiger charge is 2.63. The summed E-state index contributed by atoms with van der Waals surface area (Å²) in [7, 11) is -16.2. The van der Waals surface area contributed by atoms with Crippen LogP contribution in [0.1, 0.15) is 56.2 Å². The third kappa shape index (κ3) is 10.0. The van der Waals surface area contributed by atoms with Gasteiger partial charge in [-0.2, -0.15) is 8.42 Å². The summed E-state index contributed by atoms with van der Waals surface area (Å²) in [5.74, 6) is -6.68. The first-order valence-electron chi connectivity index (χ1n) is 23.0. The molecule has 4 aliphatic heterocycles. The summed E-state index contributed by atoms with van der Waals surface area (Å²) in [6.45, 7) is 3.87. The summed E-state index contributed by atoms with van der Waals surface area (Å²) in [5.41, 5.74) is 0.109. The molecule has 0 aliphatic carbocycles. The monoisotopic (exact) mass is 1130 g/mol. The largest absolute Gasteiger partial charge is 0.490 e. The Hall–Kier alpha value is -4.32. The van der Waals surface area contributed by atoms with Crippen molar-refractivity contribution < 1.29 is 74.4 Å². The van der Waals surface area contributed by atoms with Crippen LogP contribution < -0.4 is 9.47 Å². The van der Waals surface area contributed by atoms with Gasteiger partial charge in [0.15, 0.2) is 52.6 Å². The lowest BCUT2D eigenvalue weighted by Crippen LogP contribution is -2.57. The number of hydrogen-bond acceptors (Lipinski definition) is 13. The minimum atomic E-state index is -4.37. The van der Waals surface area contributed by atoms with E-state index in [1.54, 1.807) is 26.0 Å². The van der Waals surface area contributed by atoms with Crippen LogP contribution in [0.2, 0.25) is 10.0 Å². The molecular weight excluding hydrogens is 1080 g/mol. The predicted octanol–water partition coefficient (Wildman–Crippen LogP) is 9.49. The molecule has 4 heterocycles. The number of rotatable bonds is 13. The van der Waals surface area contributed by atoms with E-state index in [0.717, 1.165) is 29.8 Å². The van der Waals surface area contributed by atoms with Gasteiger partial charge in [0.1, 0.15) is 21.1 Å². The van der Waals surface area contributed by atoms with Crippen molar-refractivity contribution in [3.05, 3.63) is 147 Å². The Bertz CT molecular complexity index is 3330. The van der Waals surface area contributed by atoms with Crippen LogP contribution in [0.3, 0.4) is 0 Å². The lowest BCUT2D eigenvalue weighted by atomic mass is 9.75. The van der Waals surface area contributed by atoms with Gasteiger partial charge < -0.3 is 18.9 Å². The molecule has 13 nitrogen and oxygen atoms in total. The molecule has 0 amide bonds. The van der Waals surface area contributed by atoms with E-state index < -0.39 is 119 Å². The van der Waals surface area contributed by atoms with E-state index in [-0.39, 0.29) is 84.7 Å². The Kier molecular flexibility index (Phi) is 15.8. The van der Waals surface area contributed by atoms with Gasteiger partial charge in [0.05, 0.1) is 68.8 Å². The minimum absolute atomic E-state index is 0.00129. The zero-order chi connectivity index (χ0) is 52.9. The van der Waals surface area contributed by atoms with Crippen molar-refractivity contribution >= 4 is 62.8 Å². The highest BCUT2D eigenvalue weighted by atomic mass is 35.5. The Morgan fingerprint density at radius 3 is 1.40 bits per heavy atom. The highest BCUT2D eigenvalue weighted by molar-refractivity contribution is 7.93. The normalized spacial score (nSPS) is 23.9. The number of hydrogen-bond donors (Lipinski definition) is 0. The molecule has 6 atom stereocenters. The molecule has 9 rings (SSSR count). The van der Waals surface area contributed by atoms with Crippen LogP contribution in [-0.4, -0.2) is 89.9 Å². The summed E-state index contributed by atoms with van der Waals surface area (Å²) >= 11 is 11.9. The van der Waals surface area contributed by atoms with Gasteiger partial charge in [-0.1, -0.05) is 40.9 Å². The van der Waals surface area contributed by atoms with Gasteiger partial charge in [-0.3, -0.25) is 4.18 Å². The van der Waals surface area contributed by atoms with E-state index in [4.69, 9.17) is 46.3 Å². The van der Waals surface area contributed by atoms with Gasteiger partial charge in [0, 0.05) is 35.1 Å². The first-order valence-corrected chi connectivity index (χ1v) is 29.9. The molecule has 73 heavy (non-hydrogen) atoms. The second kappa shape index (κ2) is 21.0. The summed E-state index contributed by atoms with van der Waals surface area (Å²) in [6.07, 6.45) is -2.11. The second-order valence-electron chi connectivity index (χ2n) is 18.4. The topological polar surface area (TPSA) is 183 Å². The number of halogens is 6. The first-order chi connectivity index (χ1) is 34.4. The first kappa shape index (κ1) is 54.9. The Labute approximate surface area is 431 Å². The van der Waals surface area contributed by atoms with Crippen LogP contribution in [0, 0.1) is 42.0 Å². The van der Waals surface area contributed by atoms with Gasteiger partial charge in [-0.25, -0.2) is 42.8 Å². The predicted molar refractivity (Wildman–Crippen MR) is 263 cm³/mol. The van der Waals surface area contributed by atoms with E-state index in [1.165, 1.54) is 60.7 Å². The van der Waals surface area contributed by atoms with E-state index in [9.17, 15) is 42.5 Å². The van der Waals surface area contributed by atoms with E-state index >= 15 is 8.78 Å². The summed E-state index contributed by atoms with van der Waals surface area (Å²) in [4.78, 5) is -0.245. The molecule has 0 radical (unpaired) electrons. The van der Waals surface area contributed by atoms with E-state index in [0.29, 0.717) is 10.0 Å². The maximum absolute atomic E-state index is 15.5. The molecule has 23 heteroatoms. The molecule has 0 spiro atoms. The van der Waals surface area contributed by atoms with Crippen LogP contribution in [0.15, 0.2) is 112 Å². The SMILES string of the molecule is CC(C)S(=O)(=O)CC[C@H]1OCC[C@]2(S(=O)(=O)c3ccc(Cl)cc3)c3c(F)ccc(F)c3OC[C@H]12.Cc1ccc(S(=O)(=O)OCC[C@H]2OCC[C@]3(S(=O)(=O)c4ccc(Cl)cc4)c4c(F)ccc(F)c4OC[C@H]23)cc1. The van der Waals surface area contributed by atoms with Crippen molar-refractivity contribution in [2.75, 3.05) is 38.8 Å². The number of benzene rings is 5. The fourth-order valence-electron chi connectivity index (χ4n) is 10.2. The van der Waals surface area contributed by atoms with Gasteiger partial charge >= 0.3 is 0 Å². The molecule has 0 unspecified atom stereocenters. The average molecular weight is 1130 g/mol. The molecule has 2 saturated heterocycles. The minimum Gasteiger partial charge on any atom is -0.490 e. The number of sulfone groups is 3. The van der Waals surface area contributed by atoms with Crippen molar-refractivity contribution in [3.63, 3.8) is 0 Å². The molecule has 0 bridgehead atoms. The lowest BCUT2D eigenvalue weighted by molar-refractivity contribution is -0.0793. The third-order valence-electron chi connectivity index (χ3n) is 14.0. The number of aryl methyl sites for hydroxylation is 1. The Morgan fingerprint density at radius 2 is 0.973 bits per heavy atom. The maximum Gasteiger partial charge on any atom is 0.296 e. The summed E-state index contributed by atoms with van der Waals surface area (Å²) in [5, 5.41) is 0.0132. The van der Waals surface area contributed by atoms with Crippen LogP contribution in [0.25, 0.3) is 0 Å². The molecule has 5 aromatic carbocycles. The second-order valence-corrected chi connectivity index (χ2v) is 28.0. The van der Waals surface area contributed by atoms with Crippen molar-refractivity contribution in [2.45, 2.75) is 88.1 Å². The molecule has 2 fully saturated rings. The summed E-state index contributed by atoms with van der Waals surface area (Å²) in [6, 6.07) is 20.6. The van der Waals surface area contributed by atoms with Gasteiger partial charge in [0.2, 0.25) is 0 Å². The standard InChI is InChI=1S/C27H25ClF2O7S2.C23H25ClF2O6S2/c1-17-2-6-20(7-3-17)39(33,34)37-14-12-24-21-16-36-26-23(30)11-10-22(29)25(26)27(21,13-15-35-24)38(31,32)19-8-4-18(28)5-9-19;1-14(2)33(27,28)12-9-20-17-13-32-22-19(26)8-7-18(25)21(22)23(17,10-11-31-20)34(29,30)16-5-3-15(24)4-6-16/h2-11,21,24H,12-16H2,1H3;3-8,14,17,20H,9-13H2,1-2H3/t21-,24-,27-;17-,20-,23-/m11/s1. The van der Waals surface area contributed by atoms with Crippen molar-refractivity contribution in [1.82, 2.24) is 0 Å². The third-order valence-corrected chi connectivity index (χ3v) is 23.2. The molecule has 5 aromatic rings. The van der Waals surface area contributed by atoms with Crippen LogP contribution in [0.5, 0.6) is 11.5 Å². The quantitative estimate of drug-likeness (QED) is 0.0804. The molecule has 0 aromatic heterocycles. The van der Waals surface area contributed by atoms with Crippen LogP contribution >= 0.6 is 23.2 Å². The zero-order valence-corrected chi connectivity index (χ0v) is 44.2.